The number of amides is 1. The van der Waals surface area contributed by atoms with Crippen LogP contribution in [0, 0.1) is 0 Å². The maximum atomic E-state index is 12.9. The minimum absolute atomic E-state index is 0.0845. The molecule has 4 N–H and O–H groups in total. The van der Waals surface area contributed by atoms with Gasteiger partial charge in [-0.3, -0.25) is 4.79 Å². The van der Waals surface area contributed by atoms with E-state index in [-0.39, 0.29) is 21.6 Å². The quantitative estimate of drug-likeness (QED) is 0.378. The molecule has 2 aromatic carbocycles. The second kappa shape index (κ2) is 11.1. The van der Waals surface area contributed by atoms with Crippen molar-refractivity contribution < 1.29 is 17.9 Å². The van der Waals surface area contributed by atoms with E-state index in [0.29, 0.717) is 48.1 Å². The summed E-state index contributed by atoms with van der Waals surface area (Å²) in [5.41, 5.74) is 8.47. The molecule has 1 amide bonds. The number of nitrogens with two attached hydrogens (primary N) is 1. The minimum Gasteiger partial charge on any atom is -0.494 e. The topological polar surface area (TPSA) is 143 Å². The Hall–Kier alpha value is -3.45. The normalized spacial score (nSPS) is 15.4. The van der Waals surface area contributed by atoms with Crippen molar-refractivity contribution >= 4 is 56.4 Å². The summed E-state index contributed by atoms with van der Waals surface area (Å²) in [4.78, 5) is 23.2. The van der Waals surface area contributed by atoms with E-state index in [1.807, 2.05) is 24.0 Å². The van der Waals surface area contributed by atoms with Gasteiger partial charge in [-0.2, -0.15) is 4.98 Å². The van der Waals surface area contributed by atoms with E-state index in [0.717, 1.165) is 9.87 Å². The first-order valence-corrected chi connectivity index (χ1v) is 13.7. The standard InChI is InChI=1S/C25H30ClN7O4S/c1-5-33(20-13-12-18-15(22(20)37-4)10-11-17(27)24(34)30-18)25-28-14-16(26)23(31-25)29-19-8-6-7-9-21(19)38(35,36)32(2)3/h6-9,12-14,17H,5,10-11,27H2,1-4H3,(H,30,34)(H,28,29,31). The van der Waals surface area contributed by atoms with Crippen LogP contribution < -0.4 is 26.0 Å². The van der Waals surface area contributed by atoms with Crippen LogP contribution in [0.2, 0.25) is 5.02 Å². The Morgan fingerprint density at radius 2 is 1.97 bits per heavy atom. The Labute approximate surface area is 227 Å². The van der Waals surface area contributed by atoms with Crippen LogP contribution in [0.25, 0.3) is 0 Å². The summed E-state index contributed by atoms with van der Waals surface area (Å²) in [6.45, 7) is 2.42. The average Bonchev–Trinajstić information content (AvgIpc) is 3.04. The first-order chi connectivity index (χ1) is 18.1. The third-order valence-corrected chi connectivity index (χ3v) is 8.37. The molecule has 11 nitrogen and oxygen atoms in total. The summed E-state index contributed by atoms with van der Waals surface area (Å²) in [5, 5.41) is 6.14. The van der Waals surface area contributed by atoms with E-state index in [9.17, 15) is 13.2 Å². The highest BCUT2D eigenvalue weighted by atomic mass is 35.5. The molecule has 4 rings (SSSR count). The van der Waals surface area contributed by atoms with Crippen LogP contribution in [0.4, 0.5) is 28.8 Å². The fraction of sp³-hybridized carbons (Fsp3) is 0.320. The number of ether oxygens (including phenoxy) is 1. The molecular weight excluding hydrogens is 530 g/mol. The lowest BCUT2D eigenvalue weighted by molar-refractivity contribution is -0.117. The molecule has 202 valence electrons. The molecule has 0 radical (unpaired) electrons. The Kier molecular flexibility index (Phi) is 8.07. The van der Waals surface area contributed by atoms with Crippen molar-refractivity contribution in [1.29, 1.82) is 0 Å². The largest absolute Gasteiger partial charge is 0.494 e. The van der Waals surface area contributed by atoms with Gasteiger partial charge < -0.3 is 26.0 Å². The van der Waals surface area contributed by atoms with Gasteiger partial charge in [-0.15, -0.1) is 0 Å². The Balaban J connectivity index is 1.75. The van der Waals surface area contributed by atoms with Crippen molar-refractivity contribution in [3.8, 4) is 5.75 Å². The van der Waals surface area contributed by atoms with Gasteiger partial charge in [0.05, 0.1) is 30.7 Å². The van der Waals surface area contributed by atoms with Crippen molar-refractivity contribution in [2.24, 2.45) is 5.73 Å². The van der Waals surface area contributed by atoms with Crippen molar-refractivity contribution in [2.75, 3.05) is 43.3 Å². The van der Waals surface area contributed by atoms with Crippen LogP contribution >= 0.6 is 11.6 Å². The third-order valence-electron chi connectivity index (χ3n) is 6.22. The van der Waals surface area contributed by atoms with Crippen LogP contribution in [-0.2, 0) is 21.2 Å². The predicted octanol–water partition coefficient (Wildman–Crippen LogP) is 3.50. The van der Waals surface area contributed by atoms with Crippen LogP contribution in [0.1, 0.15) is 18.9 Å². The monoisotopic (exact) mass is 559 g/mol. The second-order valence-corrected chi connectivity index (χ2v) is 11.3. The summed E-state index contributed by atoms with van der Waals surface area (Å²) in [6.07, 6.45) is 2.48. The molecule has 1 atom stereocenters. The number of para-hydroxylation sites is 1. The van der Waals surface area contributed by atoms with E-state index in [2.05, 4.69) is 20.6 Å². The average molecular weight is 560 g/mol. The molecule has 0 fully saturated rings. The molecule has 0 bridgehead atoms. The number of methoxy groups -OCH3 is 1. The van der Waals surface area contributed by atoms with E-state index in [1.54, 1.807) is 25.3 Å². The first-order valence-electron chi connectivity index (χ1n) is 11.9. The molecule has 1 aliphatic heterocycles. The number of carbonyl (C=O) groups is 1. The molecule has 13 heteroatoms. The maximum absolute atomic E-state index is 12.9. The summed E-state index contributed by atoms with van der Waals surface area (Å²) in [7, 11) is 0.775. The van der Waals surface area contributed by atoms with E-state index < -0.39 is 16.1 Å². The van der Waals surface area contributed by atoms with Gasteiger partial charge in [-0.25, -0.2) is 17.7 Å². The number of anilines is 5. The molecule has 1 aromatic heterocycles. The lowest BCUT2D eigenvalue weighted by Crippen LogP contribution is -2.34. The molecule has 38 heavy (non-hydrogen) atoms. The van der Waals surface area contributed by atoms with Crippen molar-refractivity contribution in [2.45, 2.75) is 30.7 Å². The van der Waals surface area contributed by atoms with Gasteiger partial charge in [0, 0.05) is 31.9 Å². The van der Waals surface area contributed by atoms with E-state index >= 15 is 0 Å². The number of carbonyl (C=O) groups excluding carboxylic acids is 1. The number of fused-ring (bicyclic) bond motifs is 1. The smallest absolute Gasteiger partial charge is 0.244 e. The highest BCUT2D eigenvalue weighted by molar-refractivity contribution is 7.89. The fourth-order valence-corrected chi connectivity index (χ4v) is 5.37. The Morgan fingerprint density at radius 3 is 2.66 bits per heavy atom. The van der Waals surface area contributed by atoms with Gasteiger partial charge in [-0.05, 0) is 44.0 Å². The fourth-order valence-electron chi connectivity index (χ4n) is 4.19. The molecule has 0 aliphatic carbocycles. The van der Waals surface area contributed by atoms with Crippen LogP contribution in [0.5, 0.6) is 5.75 Å². The molecule has 3 aromatic rings. The number of hydrogen-bond donors (Lipinski definition) is 3. The number of halogens is 1. The first kappa shape index (κ1) is 27.6. The highest BCUT2D eigenvalue weighted by Gasteiger charge is 2.27. The highest BCUT2D eigenvalue weighted by Crippen LogP contribution is 2.41. The molecular formula is C25H30ClN7O4S. The van der Waals surface area contributed by atoms with Gasteiger partial charge in [-0.1, -0.05) is 23.7 Å². The molecule has 0 saturated carbocycles. The molecule has 1 aliphatic rings. The minimum atomic E-state index is -3.72. The van der Waals surface area contributed by atoms with E-state index in [4.69, 9.17) is 22.1 Å². The van der Waals surface area contributed by atoms with Crippen molar-refractivity contribution in [3.05, 3.63) is 53.2 Å². The number of aromatic nitrogens is 2. The van der Waals surface area contributed by atoms with Crippen molar-refractivity contribution in [1.82, 2.24) is 14.3 Å². The number of nitrogens with zero attached hydrogens (tertiary/aromatic N) is 4. The second-order valence-electron chi connectivity index (χ2n) is 8.80. The molecule has 2 heterocycles. The zero-order valence-corrected chi connectivity index (χ0v) is 23.1. The van der Waals surface area contributed by atoms with Gasteiger partial charge in [0.25, 0.3) is 0 Å². The van der Waals surface area contributed by atoms with Gasteiger partial charge >= 0.3 is 0 Å². The summed E-state index contributed by atoms with van der Waals surface area (Å²) < 4.78 is 32.6. The summed E-state index contributed by atoms with van der Waals surface area (Å²) >= 11 is 6.43. The lowest BCUT2D eigenvalue weighted by Gasteiger charge is -2.26. The van der Waals surface area contributed by atoms with Gasteiger partial charge in [0.2, 0.25) is 21.9 Å². The van der Waals surface area contributed by atoms with Gasteiger partial charge in [0.1, 0.15) is 15.7 Å². The number of nitrogens with one attached hydrogen (secondary N) is 2. The maximum Gasteiger partial charge on any atom is 0.244 e. The lowest BCUT2D eigenvalue weighted by atomic mass is 10.0. The van der Waals surface area contributed by atoms with E-state index in [1.165, 1.54) is 26.4 Å². The number of rotatable bonds is 8. The summed E-state index contributed by atoms with van der Waals surface area (Å²) in [5.74, 6) is 0.900. The Bertz CT molecular complexity index is 1470. The number of hydrogen-bond acceptors (Lipinski definition) is 9. The molecule has 0 spiro atoms. The van der Waals surface area contributed by atoms with Gasteiger partial charge in [0.15, 0.2) is 5.82 Å². The van der Waals surface area contributed by atoms with Crippen molar-refractivity contribution in [3.63, 3.8) is 0 Å². The number of sulfonamides is 1. The zero-order chi connectivity index (χ0) is 27.6. The SMILES string of the molecule is CCN(c1ncc(Cl)c(Nc2ccccc2S(=O)(=O)N(C)C)n1)c1ccc2c(c1OC)CCC(N)C(=O)N2. The zero-order valence-electron chi connectivity index (χ0n) is 21.5. The summed E-state index contributed by atoms with van der Waals surface area (Å²) in [6, 6.07) is 9.54. The predicted molar refractivity (Wildman–Crippen MR) is 148 cm³/mol. The van der Waals surface area contributed by atoms with Crippen LogP contribution in [0.3, 0.4) is 0 Å². The number of benzene rings is 2. The molecule has 0 saturated heterocycles. The van der Waals surface area contributed by atoms with Crippen LogP contribution in [0.15, 0.2) is 47.5 Å². The Morgan fingerprint density at radius 1 is 1.24 bits per heavy atom. The molecule has 1 unspecified atom stereocenters. The van der Waals surface area contributed by atoms with Crippen LogP contribution in [-0.4, -0.2) is 62.4 Å². The third kappa shape index (κ3) is 5.25.